The number of aromatic nitrogens is 2. The van der Waals surface area contributed by atoms with Crippen molar-refractivity contribution in [3.63, 3.8) is 0 Å². The van der Waals surface area contributed by atoms with Gasteiger partial charge in [-0.1, -0.05) is 19.8 Å². The molecule has 0 aliphatic rings. The lowest BCUT2D eigenvalue weighted by molar-refractivity contribution is 0.414. The van der Waals surface area contributed by atoms with Gasteiger partial charge in [0.25, 0.3) is 0 Å². The van der Waals surface area contributed by atoms with E-state index in [0.717, 1.165) is 13.0 Å². The molecule has 6 nitrogen and oxygen atoms in total. The maximum Gasteiger partial charge on any atom is 0.205 e. The van der Waals surface area contributed by atoms with E-state index in [2.05, 4.69) is 27.6 Å². The van der Waals surface area contributed by atoms with Gasteiger partial charge in [0.05, 0.1) is 7.11 Å². The van der Waals surface area contributed by atoms with Gasteiger partial charge in [0, 0.05) is 6.54 Å². The van der Waals surface area contributed by atoms with Crippen molar-refractivity contribution in [3.05, 3.63) is 6.33 Å². The van der Waals surface area contributed by atoms with Crippen molar-refractivity contribution in [2.24, 2.45) is 5.84 Å². The summed E-state index contributed by atoms with van der Waals surface area (Å²) >= 11 is 0. The maximum absolute atomic E-state index is 5.32. The van der Waals surface area contributed by atoms with Gasteiger partial charge < -0.3 is 15.5 Å². The van der Waals surface area contributed by atoms with Gasteiger partial charge >= 0.3 is 0 Å². The summed E-state index contributed by atoms with van der Waals surface area (Å²) < 4.78 is 5.19. The van der Waals surface area contributed by atoms with Crippen LogP contribution in [0.5, 0.6) is 5.75 Å². The molecule has 0 saturated heterocycles. The summed E-state index contributed by atoms with van der Waals surface area (Å²) in [4.78, 5) is 8.07. The molecular weight excluding hydrogens is 206 g/mol. The second-order valence-corrected chi connectivity index (χ2v) is 3.38. The number of hydrazine groups is 1. The quantitative estimate of drug-likeness (QED) is 0.369. The zero-order valence-electron chi connectivity index (χ0n) is 9.79. The highest BCUT2D eigenvalue weighted by molar-refractivity contribution is 5.62. The monoisotopic (exact) mass is 225 g/mol. The van der Waals surface area contributed by atoms with Crippen molar-refractivity contribution in [3.8, 4) is 5.75 Å². The molecule has 0 fully saturated rings. The third kappa shape index (κ3) is 3.23. The highest BCUT2D eigenvalue weighted by atomic mass is 16.5. The third-order valence-electron chi connectivity index (χ3n) is 2.22. The lowest BCUT2D eigenvalue weighted by Gasteiger charge is -2.12. The molecule has 1 aromatic heterocycles. The Morgan fingerprint density at radius 3 is 2.69 bits per heavy atom. The largest absolute Gasteiger partial charge is 0.490 e. The van der Waals surface area contributed by atoms with Crippen molar-refractivity contribution in [2.75, 3.05) is 24.4 Å². The van der Waals surface area contributed by atoms with E-state index in [0.29, 0.717) is 17.4 Å². The Hall–Kier alpha value is -1.56. The molecule has 0 unspecified atom stereocenters. The number of hydrogen-bond acceptors (Lipinski definition) is 6. The normalized spacial score (nSPS) is 9.94. The molecule has 1 aromatic rings. The molecule has 0 radical (unpaired) electrons. The number of methoxy groups -OCH3 is 1. The van der Waals surface area contributed by atoms with E-state index in [-0.39, 0.29) is 0 Å². The molecule has 1 heterocycles. The van der Waals surface area contributed by atoms with Crippen molar-refractivity contribution in [1.29, 1.82) is 0 Å². The van der Waals surface area contributed by atoms with Gasteiger partial charge in [-0.2, -0.15) is 0 Å². The molecule has 1 rings (SSSR count). The number of anilines is 2. The van der Waals surface area contributed by atoms with Crippen LogP contribution in [-0.2, 0) is 0 Å². The molecule has 0 aliphatic carbocycles. The van der Waals surface area contributed by atoms with E-state index in [4.69, 9.17) is 10.6 Å². The van der Waals surface area contributed by atoms with Crippen molar-refractivity contribution in [1.82, 2.24) is 9.97 Å². The Kier molecular flexibility index (Phi) is 5.35. The molecule has 90 valence electrons. The highest BCUT2D eigenvalue weighted by Gasteiger charge is 2.09. The summed E-state index contributed by atoms with van der Waals surface area (Å²) in [6.45, 7) is 3.03. The number of nitrogens with one attached hydrogen (secondary N) is 2. The molecule has 0 aliphatic heterocycles. The summed E-state index contributed by atoms with van der Waals surface area (Å²) in [6.07, 6.45) is 4.94. The Bertz CT molecular complexity index is 318. The second kappa shape index (κ2) is 6.84. The molecule has 0 atom stereocenters. The first-order chi connectivity index (χ1) is 7.83. The van der Waals surface area contributed by atoms with Crippen LogP contribution in [0.4, 0.5) is 11.6 Å². The van der Waals surface area contributed by atoms with Crippen LogP contribution in [0.25, 0.3) is 0 Å². The fraction of sp³-hybridized carbons (Fsp3) is 0.600. The van der Waals surface area contributed by atoms with Crippen LogP contribution in [0, 0.1) is 0 Å². The predicted molar refractivity (Wildman–Crippen MR) is 64.4 cm³/mol. The van der Waals surface area contributed by atoms with Crippen LogP contribution >= 0.6 is 0 Å². The number of ether oxygens (including phenoxy) is 1. The SMILES string of the molecule is CCCCCNc1ncnc(NN)c1OC. The van der Waals surface area contributed by atoms with Gasteiger partial charge in [-0.25, -0.2) is 15.8 Å². The maximum atomic E-state index is 5.32. The van der Waals surface area contributed by atoms with Crippen LogP contribution in [0.2, 0.25) is 0 Å². The van der Waals surface area contributed by atoms with Crippen molar-refractivity contribution < 1.29 is 4.74 Å². The Balaban J connectivity index is 2.63. The zero-order chi connectivity index (χ0) is 11.8. The Morgan fingerprint density at radius 2 is 2.06 bits per heavy atom. The summed E-state index contributed by atoms with van der Waals surface area (Å²) in [7, 11) is 1.57. The summed E-state index contributed by atoms with van der Waals surface area (Å²) in [5.74, 6) is 7.02. The van der Waals surface area contributed by atoms with E-state index in [1.54, 1.807) is 7.11 Å². The average molecular weight is 225 g/mol. The highest BCUT2D eigenvalue weighted by Crippen LogP contribution is 2.27. The summed E-state index contributed by atoms with van der Waals surface area (Å²) in [6, 6.07) is 0. The Morgan fingerprint density at radius 1 is 1.31 bits per heavy atom. The van der Waals surface area contributed by atoms with Gasteiger partial charge in [0.1, 0.15) is 6.33 Å². The topological polar surface area (TPSA) is 85.1 Å². The molecule has 0 bridgehead atoms. The molecular formula is C10H19N5O. The fourth-order valence-corrected chi connectivity index (χ4v) is 1.38. The van der Waals surface area contributed by atoms with Gasteiger partial charge in [-0.15, -0.1) is 0 Å². The first-order valence-electron chi connectivity index (χ1n) is 5.43. The number of rotatable bonds is 7. The number of nitrogens with zero attached hydrogens (tertiary/aromatic N) is 2. The molecule has 6 heteroatoms. The third-order valence-corrected chi connectivity index (χ3v) is 2.22. The van der Waals surface area contributed by atoms with Crippen LogP contribution in [-0.4, -0.2) is 23.6 Å². The molecule has 0 aromatic carbocycles. The lowest BCUT2D eigenvalue weighted by atomic mass is 10.2. The Labute approximate surface area is 95.6 Å². The second-order valence-electron chi connectivity index (χ2n) is 3.38. The number of nitrogen functional groups attached to an aromatic ring is 1. The van der Waals surface area contributed by atoms with Gasteiger partial charge in [0.15, 0.2) is 11.6 Å². The van der Waals surface area contributed by atoms with Crippen LogP contribution in [0.3, 0.4) is 0 Å². The van der Waals surface area contributed by atoms with E-state index in [1.807, 2.05) is 0 Å². The molecule has 0 spiro atoms. The lowest BCUT2D eigenvalue weighted by Crippen LogP contribution is -2.13. The minimum absolute atomic E-state index is 0.482. The number of unbranched alkanes of at least 4 members (excludes halogenated alkanes) is 2. The first-order valence-corrected chi connectivity index (χ1v) is 5.43. The van der Waals surface area contributed by atoms with Crippen molar-refractivity contribution >= 4 is 11.6 Å². The van der Waals surface area contributed by atoms with Crippen LogP contribution in [0.1, 0.15) is 26.2 Å². The van der Waals surface area contributed by atoms with E-state index in [9.17, 15) is 0 Å². The smallest absolute Gasteiger partial charge is 0.205 e. The average Bonchev–Trinajstić information content (AvgIpc) is 2.34. The van der Waals surface area contributed by atoms with Crippen LogP contribution < -0.4 is 21.3 Å². The van der Waals surface area contributed by atoms with Gasteiger partial charge in [0.2, 0.25) is 5.75 Å². The van der Waals surface area contributed by atoms with Crippen molar-refractivity contribution in [2.45, 2.75) is 26.2 Å². The minimum Gasteiger partial charge on any atom is -0.490 e. The van der Waals surface area contributed by atoms with Crippen LogP contribution in [0.15, 0.2) is 6.33 Å². The molecule has 0 saturated carbocycles. The van der Waals surface area contributed by atoms with E-state index in [1.165, 1.54) is 19.2 Å². The number of nitrogens with two attached hydrogens (primary N) is 1. The van der Waals surface area contributed by atoms with Gasteiger partial charge in [-0.05, 0) is 6.42 Å². The minimum atomic E-state index is 0.482. The van der Waals surface area contributed by atoms with E-state index < -0.39 is 0 Å². The van der Waals surface area contributed by atoms with Gasteiger partial charge in [-0.3, -0.25) is 0 Å². The number of hydrogen-bond donors (Lipinski definition) is 3. The van der Waals surface area contributed by atoms with E-state index >= 15 is 0 Å². The first kappa shape index (κ1) is 12.5. The fourth-order valence-electron chi connectivity index (χ4n) is 1.38. The molecule has 0 amide bonds. The summed E-state index contributed by atoms with van der Waals surface area (Å²) in [5.41, 5.74) is 2.47. The molecule has 16 heavy (non-hydrogen) atoms. The standard InChI is InChI=1S/C10H19N5O/c1-3-4-5-6-12-9-8(16-2)10(15-11)14-7-13-9/h7H,3-6,11H2,1-2H3,(H2,12,13,14,15). The summed E-state index contributed by atoms with van der Waals surface area (Å²) in [5, 5.41) is 3.20. The molecule has 4 N–H and O–H groups in total. The predicted octanol–water partition coefficient (Wildman–Crippen LogP) is 1.37. The zero-order valence-corrected chi connectivity index (χ0v) is 9.79.